The number of amides is 2. The third kappa shape index (κ3) is 4.15. The van der Waals surface area contributed by atoms with Gasteiger partial charge in [0.1, 0.15) is 0 Å². The number of carbonyl (C=O) groups is 2. The van der Waals surface area contributed by atoms with E-state index in [1.807, 2.05) is 60.7 Å². The SMILES string of the molecule is NN(Cc1ccccc1)C(=O)C(=O)N(N)Cc1ccccc1. The molecule has 6 heteroatoms. The first-order chi connectivity index (χ1) is 10.6. The Balaban J connectivity index is 1.94. The third-order valence-corrected chi connectivity index (χ3v) is 3.10. The second-order valence-electron chi connectivity index (χ2n) is 4.84. The smallest absolute Gasteiger partial charge is 0.268 e. The lowest BCUT2D eigenvalue weighted by molar-refractivity contribution is -0.152. The molecule has 0 saturated heterocycles. The molecule has 0 unspecified atom stereocenters. The Morgan fingerprint density at radius 1 is 0.682 bits per heavy atom. The molecular weight excluding hydrogens is 280 g/mol. The van der Waals surface area contributed by atoms with E-state index < -0.39 is 11.8 Å². The molecule has 2 aromatic rings. The number of carbonyl (C=O) groups excluding carboxylic acids is 2. The highest BCUT2D eigenvalue weighted by molar-refractivity contribution is 6.34. The van der Waals surface area contributed by atoms with E-state index in [0.29, 0.717) is 0 Å². The van der Waals surface area contributed by atoms with Crippen LogP contribution in [-0.2, 0) is 22.7 Å². The lowest BCUT2D eigenvalue weighted by Gasteiger charge is -2.20. The maximum absolute atomic E-state index is 12.0. The first-order valence-corrected chi connectivity index (χ1v) is 6.78. The van der Waals surface area contributed by atoms with Crippen molar-refractivity contribution in [3.8, 4) is 0 Å². The van der Waals surface area contributed by atoms with Crippen LogP contribution in [0.3, 0.4) is 0 Å². The summed E-state index contributed by atoms with van der Waals surface area (Å²) in [6.07, 6.45) is 0. The van der Waals surface area contributed by atoms with Crippen molar-refractivity contribution in [2.75, 3.05) is 0 Å². The van der Waals surface area contributed by atoms with Crippen molar-refractivity contribution in [3.05, 3.63) is 71.8 Å². The van der Waals surface area contributed by atoms with Crippen molar-refractivity contribution >= 4 is 11.8 Å². The van der Waals surface area contributed by atoms with Crippen molar-refractivity contribution in [3.63, 3.8) is 0 Å². The zero-order valence-corrected chi connectivity index (χ0v) is 12.1. The lowest BCUT2D eigenvalue weighted by Crippen LogP contribution is -2.50. The van der Waals surface area contributed by atoms with Crippen molar-refractivity contribution < 1.29 is 9.59 Å². The molecule has 0 aromatic heterocycles. The first kappa shape index (κ1) is 15.7. The molecule has 2 amide bonds. The number of hydrogen-bond acceptors (Lipinski definition) is 4. The Kier molecular flexibility index (Phi) is 5.24. The zero-order chi connectivity index (χ0) is 15.9. The summed E-state index contributed by atoms with van der Waals surface area (Å²) in [4.78, 5) is 24.0. The minimum absolute atomic E-state index is 0.143. The molecule has 0 heterocycles. The molecule has 4 N–H and O–H groups in total. The number of rotatable bonds is 4. The lowest BCUT2D eigenvalue weighted by atomic mass is 10.2. The van der Waals surface area contributed by atoms with Crippen LogP contribution in [0.4, 0.5) is 0 Å². The van der Waals surface area contributed by atoms with Gasteiger partial charge >= 0.3 is 11.8 Å². The highest BCUT2D eigenvalue weighted by Crippen LogP contribution is 2.04. The van der Waals surface area contributed by atoms with Gasteiger partial charge in [0.05, 0.1) is 13.1 Å². The van der Waals surface area contributed by atoms with Crippen molar-refractivity contribution in [1.82, 2.24) is 10.0 Å². The predicted octanol–water partition coefficient (Wildman–Crippen LogP) is 0.791. The molecule has 0 fully saturated rings. The van der Waals surface area contributed by atoms with Gasteiger partial charge in [-0.2, -0.15) is 0 Å². The second-order valence-corrected chi connectivity index (χ2v) is 4.84. The van der Waals surface area contributed by atoms with Gasteiger partial charge < -0.3 is 0 Å². The molecule has 0 spiro atoms. The molecule has 114 valence electrons. The number of nitrogens with two attached hydrogens (primary N) is 2. The van der Waals surface area contributed by atoms with Crippen LogP contribution in [0.1, 0.15) is 11.1 Å². The van der Waals surface area contributed by atoms with Gasteiger partial charge in [0.15, 0.2) is 0 Å². The minimum Gasteiger partial charge on any atom is -0.268 e. The fourth-order valence-electron chi connectivity index (χ4n) is 1.95. The maximum atomic E-state index is 12.0. The van der Waals surface area contributed by atoms with Crippen LogP contribution < -0.4 is 11.7 Å². The van der Waals surface area contributed by atoms with Crippen LogP contribution in [0.15, 0.2) is 60.7 Å². The zero-order valence-electron chi connectivity index (χ0n) is 12.1. The van der Waals surface area contributed by atoms with Gasteiger partial charge in [-0.25, -0.2) is 11.7 Å². The molecule has 6 nitrogen and oxygen atoms in total. The molecule has 0 aliphatic carbocycles. The van der Waals surface area contributed by atoms with Gasteiger partial charge in [-0.05, 0) is 11.1 Å². The Morgan fingerprint density at radius 2 is 1.00 bits per heavy atom. The van der Waals surface area contributed by atoms with Crippen LogP contribution in [0.2, 0.25) is 0 Å². The van der Waals surface area contributed by atoms with Crippen LogP contribution in [0.25, 0.3) is 0 Å². The second kappa shape index (κ2) is 7.35. The number of nitrogens with zero attached hydrogens (tertiary/aromatic N) is 2. The summed E-state index contributed by atoms with van der Waals surface area (Å²) in [5.74, 6) is 9.63. The van der Waals surface area contributed by atoms with E-state index in [4.69, 9.17) is 11.7 Å². The van der Waals surface area contributed by atoms with Gasteiger partial charge in [-0.15, -0.1) is 0 Å². The number of hydrazine groups is 2. The molecular formula is C16H18N4O2. The van der Waals surface area contributed by atoms with Crippen LogP contribution in [0.5, 0.6) is 0 Å². The molecule has 22 heavy (non-hydrogen) atoms. The molecule has 0 radical (unpaired) electrons. The van der Waals surface area contributed by atoms with E-state index >= 15 is 0 Å². The Hall–Kier alpha value is -2.70. The topological polar surface area (TPSA) is 92.7 Å². The quantitative estimate of drug-likeness (QED) is 0.378. The fraction of sp³-hybridized carbons (Fsp3) is 0.125. The van der Waals surface area contributed by atoms with E-state index in [9.17, 15) is 9.59 Å². The van der Waals surface area contributed by atoms with E-state index in [1.54, 1.807) is 0 Å². The molecule has 0 saturated carbocycles. The van der Waals surface area contributed by atoms with Gasteiger partial charge in [-0.3, -0.25) is 19.6 Å². The van der Waals surface area contributed by atoms with Crippen LogP contribution in [-0.4, -0.2) is 21.8 Å². The van der Waals surface area contributed by atoms with Crippen LogP contribution in [0, 0.1) is 0 Å². The minimum atomic E-state index is -0.845. The van der Waals surface area contributed by atoms with Crippen LogP contribution >= 0.6 is 0 Å². The number of benzene rings is 2. The van der Waals surface area contributed by atoms with Crippen molar-refractivity contribution in [2.24, 2.45) is 11.7 Å². The van der Waals surface area contributed by atoms with E-state index in [2.05, 4.69) is 0 Å². The van der Waals surface area contributed by atoms with Crippen molar-refractivity contribution in [2.45, 2.75) is 13.1 Å². The van der Waals surface area contributed by atoms with E-state index in [0.717, 1.165) is 21.1 Å². The summed E-state index contributed by atoms with van der Waals surface area (Å²) in [5, 5.41) is 1.73. The molecule has 2 rings (SSSR count). The Labute approximate surface area is 128 Å². The summed E-state index contributed by atoms with van der Waals surface area (Å²) in [6, 6.07) is 18.3. The molecule has 0 aliphatic heterocycles. The predicted molar refractivity (Wildman–Crippen MR) is 82.4 cm³/mol. The molecule has 0 aliphatic rings. The highest BCUT2D eigenvalue weighted by Gasteiger charge is 2.24. The average molecular weight is 298 g/mol. The highest BCUT2D eigenvalue weighted by atomic mass is 16.2. The summed E-state index contributed by atoms with van der Waals surface area (Å²) in [5.41, 5.74) is 1.66. The Bertz CT molecular complexity index is 574. The van der Waals surface area contributed by atoms with E-state index in [-0.39, 0.29) is 13.1 Å². The van der Waals surface area contributed by atoms with Gasteiger partial charge in [-0.1, -0.05) is 60.7 Å². The molecule has 0 bridgehead atoms. The van der Waals surface area contributed by atoms with Gasteiger partial charge in [0.25, 0.3) is 0 Å². The number of hydrogen-bond donors (Lipinski definition) is 2. The summed E-state index contributed by atoms with van der Waals surface area (Å²) in [6.45, 7) is 0.287. The average Bonchev–Trinajstić information content (AvgIpc) is 2.55. The first-order valence-electron chi connectivity index (χ1n) is 6.78. The van der Waals surface area contributed by atoms with E-state index in [1.165, 1.54) is 0 Å². The standard InChI is InChI=1S/C16H18N4O2/c17-19(11-13-7-3-1-4-8-13)15(21)16(22)20(18)12-14-9-5-2-6-10-14/h1-10H,11-12,17-18H2. The van der Waals surface area contributed by atoms with Gasteiger partial charge in [0, 0.05) is 0 Å². The summed E-state index contributed by atoms with van der Waals surface area (Å²) in [7, 11) is 0. The monoisotopic (exact) mass is 298 g/mol. The summed E-state index contributed by atoms with van der Waals surface area (Å²) >= 11 is 0. The molecule has 2 aromatic carbocycles. The largest absolute Gasteiger partial charge is 0.327 e. The Morgan fingerprint density at radius 3 is 1.32 bits per heavy atom. The van der Waals surface area contributed by atoms with Crippen molar-refractivity contribution in [1.29, 1.82) is 0 Å². The molecule has 0 atom stereocenters. The third-order valence-electron chi connectivity index (χ3n) is 3.10. The fourth-order valence-corrected chi connectivity index (χ4v) is 1.95. The summed E-state index contributed by atoms with van der Waals surface area (Å²) < 4.78 is 0. The normalized spacial score (nSPS) is 10.1. The van der Waals surface area contributed by atoms with Gasteiger partial charge in [0.2, 0.25) is 0 Å². The maximum Gasteiger partial charge on any atom is 0.327 e.